The fraction of sp³-hybridized carbons (Fsp3) is 0.286. The lowest BCUT2D eigenvalue weighted by atomic mass is 9.99. The molecule has 0 unspecified atom stereocenters. The summed E-state index contributed by atoms with van der Waals surface area (Å²) < 4.78 is 45.1. The van der Waals surface area contributed by atoms with Crippen LogP contribution >= 0.6 is 0 Å². The number of carbonyl (C=O) groups excluding carboxylic acids is 3. The van der Waals surface area contributed by atoms with Crippen molar-refractivity contribution in [2.45, 2.75) is 32.2 Å². The van der Waals surface area contributed by atoms with E-state index in [-0.39, 0.29) is 42.6 Å². The summed E-state index contributed by atoms with van der Waals surface area (Å²) in [7, 11) is 1.52. The Morgan fingerprint density at radius 1 is 0.979 bits per heavy atom. The molecular weight excluding hydrogens is 627 g/mol. The zero-order chi connectivity index (χ0) is 34.6. The highest BCUT2D eigenvalue weighted by molar-refractivity contribution is 6.07. The van der Waals surface area contributed by atoms with Gasteiger partial charge in [0.2, 0.25) is 0 Å². The van der Waals surface area contributed by atoms with Gasteiger partial charge in [0.1, 0.15) is 11.9 Å². The molecule has 0 aliphatic carbocycles. The highest BCUT2D eigenvalue weighted by atomic mass is 19.4. The van der Waals surface area contributed by atoms with Crippen LogP contribution in [0.1, 0.15) is 29.8 Å². The van der Waals surface area contributed by atoms with Gasteiger partial charge in [0, 0.05) is 36.3 Å². The fourth-order valence-corrected chi connectivity index (χ4v) is 5.45. The van der Waals surface area contributed by atoms with E-state index in [1.165, 1.54) is 35.0 Å². The molecule has 0 saturated heterocycles. The Hall–Kier alpha value is -5.30. The third kappa shape index (κ3) is 7.80. The number of rotatable bonds is 7. The van der Waals surface area contributed by atoms with Crippen LogP contribution in [-0.4, -0.2) is 71.8 Å². The van der Waals surface area contributed by atoms with E-state index in [4.69, 9.17) is 4.74 Å². The van der Waals surface area contributed by atoms with Crippen molar-refractivity contribution in [2.75, 3.05) is 42.7 Å². The predicted molar refractivity (Wildman–Crippen MR) is 177 cm³/mol. The molecule has 0 bridgehead atoms. The van der Waals surface area contributed by atoms with Gasteiger partial charge in [-0.15, -0.1) is 0 Å². The molecule has 0 fully saturated rings. The smallest absolute Gasteiger partial charge is 0.416 e. The third-order valence-corrected chi connectivity index (χ3v) is 8.22. The van der Waals surface area contributed by atoms with Gasteiger partial charge in [-0.25, -0.2) is 9.59 Å². The van der Waals surface area contributed by atoms with E-state index in [2.05, 4.69) is 16.0 Å². The number of halogens is 3. The van der Waals surface area contributed by atoms with Gasteiger partial charge in [-0.2, -0.15) is 13.2 Å². The summed E-state index contributed by atoms with van der Waals surface area (Å²) in [6.07, 6.45) is -5.12. The second-order valence-corrected chi connectivity index (χ2v) is 11.8. The molecule has 0 saturated carbocycles. The number of amides is 5. The van der Waals surface area contributed by atoms with E-state index in [1.807, 2.05) is 43.3 Å². The summed E-state index contributed by atoms with van der Waals surface area (Å²) in [6, 6.07) is 20.4. The van der Waals surface area contributed by atoms with Crippen molar-refractivity contribution in [1.29, 1.82) is 0 Å². The summed E-state index contributed by atoms with van der Waals surface area (Å²) in [5.74, 6) is -0.478. The Morgan fingerprint density at radius 3 is 2.38 bits per heavy atom. The molecule has 0 radical (unpaired) electrons. The van der Waals surface area contributed by atoms with Gasteiger partial charge in [0.15, 0.2) is 0 Å². The Labute approximate surface area is 275 Å². The van der Waals surface area contributed by atoms with Gasteiger partial charge in [0.25, 0.3) is 5.91 Å². The molecule has 5 amide bonds. The lowest BCUT2D eigenvalue weighted by Gasteiger charge is -2.38. The molecule has 1 aliphatic rings. The first-order valence-corrected chi connectivity index (χ1v) is 15.3. The monoisotopic (exact) mass is 663 g/mol. The Morgan fingerprint density at radius 2 is 1.67 bits per heavy atom. The van der Waals surface area contributed by atoms with Crippen molar-refractivity contribution in [1.82, 2.24) is 9.80 Å². The summed E-state index contributed by atoms with van der Waals surface area (Å²) >= 11 is 0. The predicted octanol–water partition coefficient (Wildman–Crippen LogP) is 6.89. The van der Waals surface area contributed by atoms with Gasteiger partial charge < -0.3 is 35.6 Å². The van der Waals surface area contributed by atoms with Gasteiger partial charge >= 0.3 is 18.2 Å². The highest BCUT2D eigenvalue weighted by Crippen LogP contribution is 2.32. The molecule has 3 atom stereocenters. The van der Waals surface area contributed by atoms with Crippen LogP contribution in [0.5, 0.6) is 5.75 Å². The van der Waals surface area contributed by atoms with Gasteiger partial charge in [-0.1, -0.05) is 43.3 Å². The number of fused-ring (bicyclic) bond motifs is 2. The van der Waals surface area contributed by atoms with Crippen molar-refractivity contribution in [2.24, 2.45) is 5.92 Å². The summed E-state index contributed by atoms with van der Waals surface area (Å²) in [5.41, 5.74) is 0.465. The maximum atomic E-state index is 13.8. The second-order valence-electron chi connectivity index (χ2n) is 11.8. The fourth-order valence-electron chi connectivity index (χ4n) is 5.45. The number of urea groups is 2. The maximum Gasteiger partial charge on any atom is 0.416 e. The number of hydrogen-bond acceptors (Lipinski definition) is 5. The molecule has 4 aromatic carbocycles. The van der Waals surface area contributed by atoms with Gasteiger partial charge in [-0.3, -0.25) is 4.79 Å². The molecule has 4 N–H and O–H groups in total. The lowest BCUT2D eigenvalue weighted by Crippen LogP contribution is -2.50. The number of carbonyl (C=O) groups is 3. The number of aliphatic hydroxyl groups excluding tert-OH is 1. The van der Waals surface area contributed by atoms with Crippen LogP contribution in [0.3, 0.4) is 0 Å². The Bertz CT molecular complexity index is 1790. The van der Waals surface area contributed by atoms with Crippen molar-refractivity contribution >= 4 is 45.8 Å². The van der Waals surface area contributed by atoms with Crippen LogP contribution in [0, 0.1) is 5.92 Å². The summed E-state index contributed by atoms with van der Waals surface area (Å²) in [4.78, 5) is 42.7. The van der Waals surface area contributed by atoms with Gasteiger partial charge in [-0.05, 0) is 60.8 Å². The van der Waals surface area contributed by atoms with E-state index in [0.29, 0.717) is 11.4 Å². The van der Waals surface area contributed by atoms with Crippen LogP contribution in [0.2, 0.25) is 0 Å². The number of alkyl halides is 3. The highest BCUT2D eigenvalue weighted by Gasteiger charge is 2.34. The molecule has 1 aliphatic heterocycles. The number of hydrogen-bond donors (Lipinski definition) is 4. The first-order valence-electron chi connectivity index (χ1n) is 15.3. The standard InChI is InChI=1S/C35H36F3N5O5/c1-21-18-43(22(2)20-44)32(45)28-17-26(39-33(46)41-29-10-6-8-23-7-4-5-9-27(23)29)15-16-30(28)48-31(21)19-42(3)34(47)40-25-13-11-24(12-14-25)35(36,37)38/h4-17,21-22,31,44H,18-20H2,1-3H3,(H,40,47)(H2,39,41,46)/t21-,22-,31+/m1/s1. The third-order valence-electron chi connectivity index (χ3n) is 8.22. The molecule has 0 spiro atoms. The number of ether oxygens (including phenoxy) is 1. The number of nitrogens with zero attached hydrogens (tertiary/aromatic N) is 2. The lowest BCUT2D eigenvalue weighted by molar-refractivity contribution is -0.137. The minimum atomic E-state index is -4.50. The first-order chi connectivity index (χ1) is 22.8. The van der Waals surface area contributed by atoms with E-state index < -0.39 is 41.9 Å². The number of nitrogens with one attached hydrogen (secondary N) is 3. The molecular formula is C35H36F3N5O5. The van der Waals surface area contributed by atoms with Crippen LogP contribution in [0.25, 0.3) is 10.8 Å². The molecule has 1 heterocycles. The summed E-state index contributed by atoms with van der Waals surface area (Å²) in [5, 5.41) is 20.0. The zero-order valence-electron chi connectivity index (χ0n) is 26.5. The average molecular weight is 664 g/mol. The van der Waals surface area contributed by atoms with Crippen molar-refractivity contribution < 1.29 is 37.4 Å². The SMILES string of the molecule is C[C@@H]1CN([C@H](C)CO)C(=O)c2cc(NC(=O)Nc3cccc4ccccc34)ccc2O[C@H]1CN(C)C(=O)Nc1ccc(C(F)(F)F)cc1. The normalized spacial score (nSPS) is 17.0. The molecule has 48 heavy (non-hydrogen) atoms. The van der Waals surface area contributed by atoms with Crippen molar-refractivity contribution in [3.63, 3.8) is 0 Å². The van der Waals surface area contributed by atoms with E-state index in [9.17, 15) is 32.7 Å². The quantitative estimate of drug-likeness (QED) is 0.172. The van der Waals surface area contributed by atoms with E-state index >= 15 is 0 Å². The number of likely N-dealkylation sites (N-methyl/N-ethyl adjacent to an activating group) is 1. The molecule has 4 aromatic rings. The summed E-state index contributed by atoms with van der Waals surface area (Å²) in [6.45, 7) is 3.54. The van der Waals surface area contributed by atoms with E-state index in [0.717, 1.165) is 22.9 Å². The molecule has 5 rings (SSSR count). The maximum absolute atomic E-state index is 13.8. The van der Waals surface area contributed by atoms with Crippen LogP contribution in [0.15, 0.2) is 84.9 Å². The number of anilines is 3. The largest absolute Gasteiger partial charge is 0.487 e. The van der Waals surface area contributed by atoms with Crippen LogP contribution in [-0.2, 0) is 6.18 Å². The molecule has 0 aromatic heterocycles. The zero-order valence-corrected chi connectivity index (χ0v) is 26.5. The van der Waals surface area contributed by atoms with Crippen LogP contribution in [0.4, 0.5) is 39.8 Å². The molecule has 252 valence electrons. The Kier molecular flexibility index (Phi) is 10.1. The molecule has 13 heteroatoms. The van der Waals surface area contributed by atoms with E-state index in [1.54, 1.807) is 25.1 Å². The molecule has 10 nitrogen and oxygen atoms in total. The van der Waals surface area contributed by atoms with Crippen molar-refractivity contribution in [3.05, 3.63) is 96.1 Å². The second kappa shape index (κ2) is 14.2. The number of aliphatic hydroxyl groups is 1. The van der Waals surface area contributed by atoms with Crippen molar-refractivity contribution in [3.8, 4) is 5.75 Å². The van der Waals surface area contributed by atoms with Gasteiger partial charge in [0.05, 0.1) is 36.0 Å². The minimum Gasteiger partial charge on any atom is -0.487 e. The number of benzene rings is 4. The van der Waals surface area contributed by atoms with Crippen LogP contribution < -0.4 is 20.7 Å². The first kappa shape index (κ1) is 34.0. The minimum absolute atomic E-state index is 0.0655. The topological polar surface area (TPSA) is 123 Å². The Balaban J connectivity index is 1.34. The average Bonchev–Trinajstić information content (AvgIpc) is 3.06.